The predicted molar refractivity (Wildman–Crippen MR) is 128 cm³/mol. The molecule has 1 heterocycles. The van der Waals surface area contributed by atoms with Crippen molar-refractivity contribution in [3.63, 3.8) is 0 Å². The minimum atomic E-state index is 0.532. The fourth-order valence-corrected chi connectivity index (χ4v) is 4.25. The summed E-state index contributed by atoms with van der Waals surface area (Å²) in [6, 6.07) is 26.5. The Balaban J connectivity index is 1.52. The quantitative estimate of drug-likeness (QED) is 0.224. The number of hydrogen-bond donors (Lipinski definition) is 0. The van der Waals surface area contributed by atoms with E-state index >= 15 is 0 Å². The van der Waals surface area contributed by atoms with E-state index in [4.69, 9.17) is 16.3 Å². The minimum absolute atomic E-state index is 0.532. The Kier molecular flexibility index (Phi) is 7.28. The zero-order valence-electron chi connectivity index (χ0n) is 17.4. The average molecular weight is 450 g/mol. The van der Waals surface area contributed by atoms with Crippen molar-refractivity contribution in [2.24, 2.45) is 0 Å². The zero-order valence-corrected chi connectivity index (χ0v) is 18.9. The molecule has 0 aliphatic rings. The Morgan fingerprint density at radius 2 is 1.61 bits per heavy atom. The number of hydrogen-bond acceptors (Lipinski definition) is 4. The highest BCUT2D eigenvalue weighted by atomic mass is 35.5. The van der Waals surface area contributed by atoms with Gasteiger partial charge in [0.25, 0.3) is 0 Å². The van der Waals surface area contributed by atoms with Crippen LogP contribution in [0.4, 0.5) is 0 Å². The lowest BCUT2D eigenvalue weighted by Gasteiger charge is -2.12. The molecule has 0 saturated heterocycles. The van der Waals surface area contributed by atoms with Gasteiger partial charge in [-0.25, -0.2) is 0 Å². The Morgan fingerprint density at radius 3 is 2.35 bits per heavy atom. The van der Waals surface area contributed by atoms with Gasteiger partial charge in [-0.1, -0.05) is 84.9 Å². The van der Waals surface area contributed by atoms with Gasteiger partial charge in [-0.15, -0.1) is 10.2 Å². The van der Waals surface area contributed by atoms with Crippen LogP contribution >= 0.6 is 23.4 Å². The molecular weight excluding hydrogens is 426 g/mol. The van der Waals surface area contributed by atoms with Gasteiger partial charge in [0, 0.05) is 17.9 Å². The van der Waals surface area contributed by atoms with Crippen LogP contribution in [0.25, 0.3) is 5.69 Å². The monoisotopic (exact) mass is 449 g/mol. The summed E-state index contributed by atoms with van der Waals surface area (Å²) in [6.07, 6.45) is 1.74. The largest absolute Gasteiger partial charge is 0.491 e. The number of aryl methyl sites for hydroxylation is 1. The first-order valence-electron chi connectivity index (χ1n) is 10.3. The molecular formula is C25H24ClN3OS. The van der Waals surface area contributed by atoms with E-state index in [9.17, 15) is 0 Å². The van der Waals surface area contributed by atoms with E-state index in [1.54, 1.807) is 11.8 Å². The van der Waals surface area contributed by atoms with Crippen LogP contribution in [0.2, 0.25) is 5.02 Å². The van der Waals surface area contributed by atoms with Gasteiger partial charge >= 0.3 is 0 Å². The first-order valence-corrected chi connectivity index (χ1v) is 11.7. The van der Waals surface area contributed by atoms with E-state index in [1.807, 2.05) is 42.5 Å². The molecule has 6 heteroatoms. The third-order valence-corrected chi connectivity index (χ3v) is 6.12. The van der Waals surface area contributed by atoms with Crippen molar-refractivity contribution in [1.29, 1.82) is 0 Å². The highest BCUT2D eigenvalue weighted by molar-refractivity contribution is 7.99. The highest BCUT2D eigenvalue weighted by Crippen LogP contribution is 2.26. The smallest absolute Gasteiger partial charge is 0.195 e. The number of thioether (sulfide) groups is 1. The number of aromatic nitrogens is 3. The van der Waals surface area contributed by atoms with Crippen LogP contribution < -0.4 is 4.74 Å². The number of ether oxygens (including phenoxy) is 1. The highest BCUT2D eigenvalue weighted by Gasteiger charge is 2.15. The number of para-hydroxylation sites is 1. The molecule has 0 amide bonds. The Morgan fingerprint density at radius 1 is 0.871 bits per heavy atom. The van der Waals surface area contributed by atoms with E-state index in [1.165, 1.54) is 11.1 Å². The summed E-state index contributed by atoms with van der Waals surface area (Å²) in [7, 11) is 0. The van der Waals surface area contributed by atoms with Crippen LogP contribution in [0.15, 0.2) is 84.0 Å². The van der Waals surface area contributed by atoms with Gasteiger partial charge in [0.2, 0.25) is 0 Å². The first-order chi connectivity index (χ1) is 15.2. The summed E-state index contributed by atoms with van der Waals surface area (Å²) >= 11 is 7.80. The maximum absolute atomic E-state index is 6.17. The van der Waals surface area contributed by atoms with E-state index in [-0.39, 0.29) is 0 Å². The maximum atomic E-state index is 6.17. The molecule has 31 heavy (non-hydrogen) atoms. The molecule has 0 aliphatic carbocycles. The first kappa shape index (κ1) is 21.5. The lowest BCUT2D eigenvalue weighted by molar-refractivity contribution is 0.344. The van der Waals surface area contributed by atoms with Gasteiger partial charge in [0.05, 0.1) is 11.6 Å². The second-order valence-corrected chi connectivity index (χ2v) is 8.51. The van der Waals surface area contributed by atoms with Crippen LogP contribution in [-0.4, -0.2) is 27.1 Å². The van der Waals surface area contributed by atoms with Gasteiger partial charge in [-0.3, -0.25) is 4.57 Å². The lowest BCUT2D eigenvalue weighted by atomic mass is 10.1. The molecule has 0 bridgehead atoms. The van der Waals surface area contributed by atoms with Crippen LogP contribution in [0, 0.1) is 0 Å². The van der Waals surface area contributed by atoms with Crippen molar-refractivity contribution < 1.29 is 4.74 Å². The average Bonchev–Trinajstić information content (AvgIpc) is 3.20. The number of rotatable bonds is 9. The molecule has 3 aromatic carbocycles. The van der Waals surface area contributed by atoms with Crippen molar-refractivity contribution in [1.82, 2.24) is 14.8 Å². The fourth-order valence-electron chi connectivity index (χ4n) is 3.27. The van der Waals surface area contributed by atoms with Crippen molar-refractivity contribution in [2.45, 2.75) is 24.9 Å². The molecule has 4 rings (SSSR count). The van der Waals surface area contributed by atoms with E-state index in [0.29, 0.717) is 17.4 Å². The van der Waals surface area contributed by atoms with Crippen LogP contribution in [0.1, 0.15) is 23.9 Å². The number of benzene rings is 3. The molecule has 0 saturated carbocycles. The van der Waals surface area contributed by atoms with Crippen molar-refractivity contribution in [3.05, 3.63) is 101 Å². The summed E-state index contributed by atoms with van der Waals surface area (Å²) in [4.78, 5) is 0. The fraction of sp³-hybridized carbons (Fsp3) is 0.200. The molecule has 0 fully saturated rings. The Hall–Kier alpha value is -2.76. The molecule has 0 radical (unpaired) electrons. The summed E-state index contributed by atoms with van der Waals surface area (Å²) in [5.41, 5.74) is 3.59. The standard InChI is InChI=1S/C25H24ClN3OS/c1-2-19-12-14-21(15-13-19)29-24(18-20-8-4-3-5-9-20)27-28-25(29)31-17-16-30-23-11-7-6-10-22(23)26/h3-15H,2,16-18H2,1H3. The summed E-state index contributed by atoms with van der Waals surface area (Å²) < 4.78 is 7.97. The molecule has 0 N–H and O–H groups in total. The van der Waals surface area contributed by atoms with Gasteiger partial charge in [0.1, 0.15) is 11.6 Å². The number of halogens is 1. The van der Waals surface area contributed by atoms with Crippen LogP contribution in [-0.2, 0) is 12.8 Å². The Bertz CT molecular complexity index is 1110. The van der Waals surface area contributed by atoms with Gasteiger partial charge in [-0.2, -0.15) is 0 Å². The Labute approximate surface area is 192 Å². The lowest BCUT2D eigenvalue weighted by Crippen LogP contribution is -2.06. The molecule has 4 nitrogen and oxygen atoms in total. The van der Waals surface area contributed by atoms with Crippen molar-refractivity contribution >= 4 is 23.4 Å². The molecule has 0 aliphatic heterocycles. The molecule has 158 valence electrons. The topological polar surface area (TPSA) is 39.9 Å². The third kappa shape index (κ3) is 5.49. The summed E-state index contributed by atoms with van der Waals surface area (Å²) in [6.45, 7) is 2.69. The van der Waals surface area contributed by atoms with E-state index in [2.05, 4.69) is 58.1 Å². The van der Waals surface area contributed by atoms with Crippen LogP contribution in [0.3, 0.4) is 0 Å². The van der Waals surface area contributed by atoms with Crippen molar-refractivity contribution in [2.75, 3.05) is 12.4 Å². The molecule has 0 unspecified atom stereocenters. The second-order valence-electron chi connectivity index (χ2n) is 7.04. The van der Waals surface area contributed by atoms with E-state index < -0.39 is 0 Å². The second kappa shape index (κ2) is 10.5. The predicted octanol–water partition coefficient (Wildman–Crippen LogP) is 6.25. The van der Waals surface area contributed by atoms with E-state index in [0.717, 1.165) is 35.3 Å². The summed E-state index contributed by atoms with van der Waals surface area (Å²) in [5, 5.41) is 10.5. The minimum Gasteiger partial charge on any atom is -0.491 e. The van der Waals surface area contributed by atoms with Gasteiger partial charge < -0.3 is 4.74 Å². The third-order valence-electron chi connectivity index (χ3n) is 4.92. The molecule has 4 aromatic rings. The normalized spacial score (nSPS) is 10.9. The maximum Gasteiger partial charge on any atom is 0.195 e. The molecule has 1 aromatic heterocycles. The zero-order chi connectivity index (χ0) is 21.5. The van der Waals surface area contributed by atoms with Crippen molar-refractivity contribution in [3.8, 4) is 11.4 Å². The molecule has 0 spiro atoms. The SMILES string of the molecule is CCc1ccc(-n2c(Cc3ccccc3)nnc2SCCOc2ccccc2Cl)cc1. The molecule has 0 atom stereocenters. The van der Waals surface area contributed by atoms with Gasteiger partial charge in [-0.05, 0) is 41.8 Å². The summed E-state index contributed by atoms with van der Waals surface area (Å²) in [5.74, 6) is 2.36. The van der Waals surface area contributed by atoms with Crippen LogP contribution in [0.5, 0.6) is 5.75 Å². The van der Waals surface area contributed by atoms with Gasteiger partial charge in [0.15, 0.2) is 5.16 Å². The number of nitrogens with zero attached hydrogens (tertiary/aromatic N) is 3.